The number of halogens is 1. The molecule has 4 N–H and O–H groups in total. The number of piperidine rings is 1. The molecule has 12 heteroatoms. The van der Waals surface area contributed by atoms with Gasteiger partial charge in [0.1, 0.15) is 40.8 Å². The molecule has 38 heavy (non-hydrogen) atoms. The van der Waals surface area contributed by atoms with Crippen LogP contribution in [0.2, 0.25) is 0 Å². The maximum atomic E-state index is 13.9. The smallest absolute Gasteiger partial charge is 0.248 e. The summed E-state index contributed by atoms with van der Waals surface area (Å²) < 4.78 is 2.41. The van der Waals surface area contributed by atoms with Gasteiger partial charge in [-0.05, 0) is 64.5 Å². The van der Waals surface area contributed by atoms with Gasteiger partial charge in [0.15, 0.2) is 0 Å². The van der Waals surface area contributed by atoms with Crippen LogP contribution in [0, 0.1) is 5.41 Å². The van der Waals surface area contributed by atoms with E-state index in [1.807, 2.05) is 6.07 Å². The molecule has 3 atom stereocenters. The van der Waals surface area contributed by atoms with Gasteiger partial charge in [-0.1, -0.05) is 13.0 Å². The highest BCUT2D eigenvalue weighted by atomic mass is 79.9. The maximum Gasteiger partial charge on any atom is 0.248 e. The summed E-state index contributed by atoms with van der Waals surface area (Å²) in [6.07, 6.45) is 2.81. The van der Waals surface area contributed by atoms with Crippen LogP contribution < -0.4 is 16.4 Å². The van der Waals surface area contributed by atoms with Crippen molar-refractivity contribution in [3.63, 3.8) is 0 Å². The predicted octanol–water partition coefficient (Wildman–Crippen LogP) is 3.30. The van der Waals surface area contributed by atoms with E-state index in [9.17, 15) is 14.4 Å². The van der Waals surface area contributed by atoms with Crippen LogP contribution in [0.4, 0.5) is 17.3 Å². The summed E-state index contributed by atoms with van der Waals surface area (Å²) in [5.41, 5.74) is 7.98. The van der Waals surface area contributed by atoms with Crippen LogP contribution in [0.15, 0.2) is 47.3 Å². The van der Waals surface area contributed by atoms with Gasteiger partial charge in [-0.2, -0.15) is 0 Å². The van der Waals surface area contributed by atoms with E-state index >= 15 is 0 Å². The average Bonchev–Trinajstić information content (AvgIpc) is 3.26. The van der Waals surface area contributed by atoms with E-state index in [1.165, 1.54) is 13.3 Å². The van der Waals surface area contributed by atoms with Crippen LogP contribution in [-0.2, 0) is 20.9 Å². The zero-order valence-electron chi connectivity index (χ0n) is 20.7. The van der Waals surface area contributed by atoms with Crippen molar-refractivity contribution in [2.75, 3.05) is 16.4 Å². The summed E-state index contributed by atoms with van der Waals surface area (Å²) >= 11 is 3.32. The second kappa shape index (κ2) is 8.76. The monoisotopic (exact) mass is 576 g/mol. The quantitative estimate of drug-likeness (QED) is 0.308. The van der Waals surface area contributed by atoms with Gasteiger partial charge in [-0.15, -0.1) is 0 Å². The number of pyridine rings is 1. The van der Waals surface area contributed by atoms with Crippen molar-refractivity contribution >= 4 is 72.9 Å². The Bertz CT molecular complexity index is 1650. The Morgan fingerprint density at radius 1 is 1.16 bits per heavy atom. The number of carbonyl (C=O) groups excluding carboxylic acids is 3. The molecule has 4 heterocycles. The highest BCUT2D eigenvalue weighted by Gasteiger charge is 2.64. The van der Waals surface area contributed by atoms with E-state index in [4.69, 9.17) is 5.73 Å². The molecule has 0 bridgehead atoms. The number of nitrogens with one attached hydrogen (secondary N) is 2. The Morgan fingerprint density at radius 2 is 1.97 bits per heavy atom. The van der Waals surface area contributed by atoms with Crippen LogP contribution in [0.25, 0.3) is 21.9 Å². The fraction of sp³-hybridized carbons (Fsp3) is 0.308. The molecule has 0 spiro atoms. The topological polar surface area (TPSA) is 148 Å². The first-order chi connectivity index (χ1) is 18.1. The van der Waals surface area contributed by atoms with Gasteiger partial charge in [0.05, 0.1) is 10.9 Å². The zero-order chi connectivity index (χ0) is 26.8. The highest BCUT2D eigenvalue weighted by molar-refractivity contribution is 9.10. The molecular weight excluding hydrogens is 552 g/mol. The van der Waals surface area contributed by atoms with Crippen molar-refractivity contribution in [3.8, 4) is 0 Å². The zero-order valence-corrected chi connectivity index (χ0v) is 22.3. The summed E-state index contributed by atoms with van der Waals surface area (Å²) in [5.74, 6) is 0.0657. The number of amides is 3. The predicted molar refractivity (Wildman–Crippen MR) is 146 cm³/mol. The lowest BCUT2D eigenvalue weighted by Gasteiger charge is -2.27. The Kier molecular flexibility index (Phi) is 5.60. The van der Waals surface area contributed by atoms with Gasteiger partial charge in [0, 0.05) is 24.0 Å². The van der Waals surface area contributed by atoms with E-state index in [0.717, 1.165) is 17.3 Å². The molecule has 1 saturated heterocycles. The van der Waals surface area contributed by atoms with E-state index in [0.29, 0.717) is 33.6 Å². The third-order valence-corrected chi connectivity index (χ3v) is 7.92. The number of likely N-dealkylation sites (tertiary alicyclic amines) is 1. The molecule has 0 radical (unpaired) electrons. The van der Waals surface area contributed by atoms with Crippen molar-refractivity contribution < 1.29 is 14.4 Å². The molecule has 1 aromatic carbocycles. The van der Waals surface area contributed by atoms with Crippen molar-refractivity contribution in [2.24, 2.45) is 5.41 Å². The number of anilines is 3. The number of nitrogens with two attached hydrogens (primary N) is 1. The molecule has 194 valence electrons. The molecule has 1 aliphatic carbocycles. The number of nitrogen functional groups attached to an aromatic ring is 1. The number of carbonyl (C=O) groups is 3. The molecule has 3 amide bonds. The van der Waals surface area contributed by atoms with E-state index in [2.05, 4.69) is 48.4 Å². The van der Waals surface area contributed by atoms with Gasteiger partial charge in [0.25, 0.3) is 0 Å². The lowest BCUT2D eigenvalue weighted by atomic mass is 10.0. The molecule has 2 aliphatic rings. The summed E-state index contributed by atoms with van der Waals surface area (Å²) in [6.45, 7) is 3.52. The lowest BCUT2D eigenvalue weighted by molar-refractivity contribution is -0.138. The minimum absolute atomic E-state index is 0.000346. The van der Waals surface area contributed by atoms with E-state index in [1.54, 1.807) is 39.8 Å². The average molecular weight is 577 g/mol. The largest absolute Gasteiger partial charge is 0.383 e. The summed E-state index contributed by atoms with van der Waals surface area (Å²) in [5, 5.41) is 6.97. The van der Waals surface area contributed by atoms with Crippen molar-refractivity contribution in [3.05, 3.63) is 47.3 Å². The fourth-order valence-electron chi connectivity index (χ4n) is 5.64. The molecule has 1 aliphatic heterocycles. The van der Waals surface area contributed by atoms with Gasteiger partial charge in [-0.25, -0.2) is 15.0 Å². The van der Waals surface area contributed by atoms with Crippen molar-refractivity contribution in [1.29, 1.82) is 0 Å². The van der Waals surface area contributed by atoms with Crippen LogP contribution in [0.5, 0.6) is 0 Å². The van der Waals surface area contributed by atoms with E-state index in [-0.39, 0.29) is 41.5 Å². The molecule has 3 aromatic heterocycles. The molecule has 4 aromatic rings. The van der Waals surface area contributed by atoms with Crippen LogP contribution >= 0.6 is 15.9 Å². The number of benzene rings is 1. The first-order valence-corrected chi connectivity index (χ1v) is 13.0. The number of hydrogen-bond acceptors (Lipinski definition) is 7. The van der Waals surface area contributed by atoms with Crippen molar-refractivity contribution in [1.82, 2.24) is 24.4 Å². The molecule has 0 unspecified atom stereocenters. The van der Waals surface area contributed by atoms with Gasteiger partial charge < -0.3 is 25.8 Å². The first-order valence-electron chi connectivity index (χ1n) is 12.2. The highest BCUT2D eigenvalue weighted by Crippen LogP contribution is 2.59. The van der Waals surface area contributed by atoms with E-state index < -0.39 is 6.04 Å². The Balaban J connectivity index is 1.34. The SMILES string of the molecule is CC(=O)Nc1ccc2c(c1)c1c(N)ncnc1n2CC(=O)N1[C@H](C(=O)Nc2cccc(Br)n2)C[C@@]2(C)C[C@@H]12. The number of hydrogen-bond donors (Lipinski definition) is 3. The standard InChI is InChI=1S/C26H25BrN8O3/c1-13(36)31-14-6-7-16-15(8-14)22-23(28)29-12-30-24(22)34(16)11-21(37)35-17(9-26(2)10-18(26)35)25(38)33-20-5-3-4-19(27)32-20/h3-8,12,17-18H,9-11H2,1-2H3,(H,31,36)(H2,28,29,30)(H,32,33,38)/t17-,18+,26-/m0/s1. The minimum atomic E-state index is -0.605. The number of rotatable bonds is 5. The number of fused-ring (bicyclic) bond motifs is 4. The van der Waals surface area contributed by atoms with Crippen molar-refractivity contribution in [2.45, 2.75) is 45.3 Å². The Morgan fingerprint density at radius 3 is 2.74 bits per heavy atom. The normalized spacial score (nSPS) is 21.9. The van der Waals surface area contributed by atoms with Gasteiger partial charge in [-0.3, -0.25) is 14.4 Å². The summed E-state index contributed by atoms with van der Waals surface area (Å²) in [4.78, 5) is 53.4. The van der Waals surface area contributed by atoms with Crippen LogP contribution in [0.1, 0.15) is 26.7 Å². The molecule has 2 fully saturated rings. The summed E-state index contributed by atoms with van der Waals surface area (Å²) in [7, 11) is 0. The third-order valence-electron chi connectivity index (χ3n) is 7.47. The van der Waals surface area contributed by atoms with Crippen LogP contribution in [0.3, 0.4) is 0 Å². The first kappa shape index (κ1) is 24.3. The number of nitrogens with zero attached hydrogens (tertiary/aromatic N) is 5. The molecule has 11 nitrogen and oxygen atoms in total. The molecule has 1 saturated carbocycles. The molecular formula is C26H25BrN8O3. The second-order valence-corrected chi connectivity index (χ2v) is 11.0. The number of aromatic nitrogens is 4. The van der Waals surface area contributed by atoms with Gasteiger partial charge >= 0.3 is 0 Å². The van der Waals surface area contributed by atoms with Crippen LogP contribution in [-0.4, -0.2) is 54.2 Å². The van der Waals surface area contributed by atoms with Gasteiger partial charge in [0.2, 0.25) is 17.7 Å². The second-order valence-electron chi connectivity index (χ2n) is 10.2. The maximum absolute atomic E-state index is 13.9. The Hall–Kier alpha value is -4.06. The Labute approximate surface area is 225 Å². The lowest BCUT2D eigenvalue weighted by Crippen LogP contribution is -2.46. The molecule has 6 rings (SSSR count). The minimum Gasteiger partial charge on any atom is -0.383 e. The third kappa shape index (κ3) is 4.05. The fourth-order valence-corrected chi connectivity index (χ4v) is 5.99. The summed E-state index contributed by atoms with van der Waals surface area (Å²) in [6, 6.07) is 10.1.